The minimum Gasteiger partial charge on any atom is -0.508 e. The molecule has 0 radical (unpaired) electrons. The zero-order chi connectivity index (χ0) is 28.1. The number of aliphatic hydroxyl groups is 6. The standard InChI is InChI=1S/C26H28O13/c27-9-26(35)10-38-25(24(26)34)37-8-16-19(31)20(32)21(33)23(39-16)17-15(29)6-5-13-18(30)14(7-36-22(13)17)11-1-3-12(28)4-2-11/h1-7,16,19-21,23-25,27-29,31-35H,8-10H2/t16?,19?,20?,21?,23?,24?,25?,26-/m1/s1. The normalized spacial score (nSPS) is 33.0. The SMILES string of the molecule is O=c1c(-c2ccc(O)cc2)coc2c(C3OC(COC4OC[C@](O)(CO)C4O)C(O)C(O)C3O)c(O)ccc12. The predicted molar refractivity (Wildman–Crippen MR) is 131 cm³/mol. The van der Waals surface area contributed by atoms with Crippen LogP contribution in [0.4, 0.5) is 0 Å². The fraction of sp³-hybridized carbons (Fsp3) is 0.423. The Bertz CT molecular complexity index is 1390. The third kappa shape index (κ3) is 4.78. The molecule has 2 aromatic carbocycles. The van der Waals surface area contributed by atoms with E-state index < -0.39 is 79.5 Å². The Morgan fingerprint density at radius 3 is 2.36 bits per heavy atom. The van der Waals surface area contributed by atoms with Crippen LogP contribution >= 0.6 is 0 Å². The minimum absolute atomic E-state index is 0.0110. The number of phenolic OH excluding ortho intramolecular Hbond substituents is 2. The van der Waals surface area contributed by atoms with Gasteiger partial charge in [0.15, 0.2) is 6.29 Å². The van der Waals surface area contributed by atoms with Crippen LogP contribution in [0.5, 0.6) is 11.5 Å². The maximum absolute atomic E-state index is 13.3. The summed E-state index contributed by atoms with van der Waals surface area (Å²) in [7, 11) is 0. The van der Waals surface area contributed by atoms with Crippen LogP contribution in [0.3, 0.4) is 0 Å². The van der Waals surface area contributed by atoms with Gasteiger partial charge < -0.3 is 59.5 Å². The van der Waals surface area contributed by atoms with E-state index in [-0.39, 0.29) is 27.8 Å². The Labute approximate surface area is 220 Å². The van der Waals surface area contributed by atoms with Gasteiger partial charge in [-0.05, 0) is 29.8 Å². The predicted octanol–water partition coefficient (Wildman–Crippen LogP) is -1.15. The van der Waals surface area contributed by atoms with E-state index in [4.69, 9.17) is 18.6 Å². The van der Waals surface area contributed by atoms with E-state index >= 15 is 0 Å². The molecular weight excluding hydrogens is 520 g/mol. The average molecular weight is 548 g/mol. The Kier molecular flexibility index (Phi) is 7.37. The first-order chi connectivity index (χ1) is 18.6. The first-order valence-electron chi connectivity index (χ1n) is 12.1. The summed E-state index contributed by atoms with van der Waals surface area (Å²) in [5, 5.41) is 81.7. The molecule has 2 aliphatic heterocycles. The summed E-state index contributed by atoms with van der Waals surface area (Å²) in [6.07, 6.45) is -9.88. The van der Waals surface area contributed by atoms with Crippen molar-refractivity contribution in [2.24, 2.45) is 0 Å². The van der Waals surface area contributed by atoms with E-state index in [2.05, 4.69) is 0 Å². The van der Waals surface area contributed by atoms with Crippen molar-refractivity contribution in [1.29, 1.82) is 0 Å². The highest BCUT2D eigenvalue weighted by Crippen LogP contribution is 2.41. The molecule has 2 fully saturated rings. The third-order valence-corrected chi connectivity index (χ3v) is 7.14. The molecule has 0 amide bonds. The van der Waals surface area contributed by atoms with Gasteiger partial charge in [0.1, 0.15) is 65.6 Å². The number of benzene rings is 2. The van der Waals surface area contributed by atoms with Crippen LogP contribution in [0, 0.1) is 0 Å². The smallest absolute Gasteiger partial charge is 0.200 e. The summed E-state index contributed by atoms with van der Waals surface area (Å²) in [5.74, 6) is -0.408. The highest BCUT2D eigenvalue weighted by Gasteiger charge is 2.50. The first kappa shape index (κ1) is 27.5. The Hall–Kier alpha value is -3.11. The number of ether oxygens (including phenoxy) is 3. The maximum Gasteiger partial charge on any atom is 0.200 e. The zero-order valence-electron chi connectivity index (χ0n) is 20.3. The summed E-state index contributed by atoms with van der Waals surface area (Å²) in [5.41, 5.74) is -2.07. The van der Waals surface area contributed by atoms with Crippen molar-refractivity contribution in [3.05, 3.63) is 58.4 Å². The highest BCUT2D eigenvalue weighted by molar-refractivity contribution is 5.86. The van der Waals surface area contributed by atoms with Crippen molar-refractivity contribution in [2.45, 2.75) is 48.5 Å². The van der Waals surface area contributed by atoms with Crippen LogP contribution in [-0.2, 0) is 14.2 Å². The topological polar surface area (TPSA) is 220 Å². The van der Waals surface area contributed by atoms with Crippen LogP contribution in [0.15, 0.2) is 51.9 Å². The monoisotopic (exact) mass is 548 g/mol. The number of phenols is 2. The van der Waals surface area contributed by atoms with Gasteiger partial charge in [0.05, 0.1) is 36.3 Å². The molecule has 7 unspecified atom stereocenters. The molecule has 13 heteroatoms. The Morgan fingerprint density at radius 1 is 0.974 bits per heavy atom. The fourth-order valence-electron chi connectivity index (χ4n) is 4.78. The molecule has 0 bridgehead atoms. The van der Waals surface area contributed by atoms with Gasteiger partial charge in [-0.3, -0.25) is 4.79 Å². The average Bonchev–Trinajstić information content (AvgIpc) is 3.22. The van der Waals surface area contributed by atoms with E-state index in [0.29, 0.717) is 5.56 Å². The summed E-state index contributed by atoms with van der Waals surface area (Å²) in [4.78, 5) is 13.3. The second-order valence-electron chi connectivity index (χ2n) is 9.69. The number of aliphatic hydroxyl groups excluding tert-OH is 5. The molecule has 2 saturated heterocycles. The number of hydrogen-bond donors (Lipinski definition) is 8. The number of fused-ring (bicyclic) bond motifs is 1. The number of hydrogen-bond acceptors (Lipinski definition) is 13. The zero-order valence-corrected chi connectivity index (χ0v) is 20.3. The lowest BCUT2D eigenvalue weighted by Crippen LogP contribution is -2.56. The van der Waals surface area contributed by atoms with Crippen LogP contribution in [-0.4, -0.2) is 103 Å². The molecule has 0 spiro atoms. The number of rotatable bonds is 6. The lowest BCUT2D eigenvalue weighted by Gasteiger charge is -2.41. The summed E-state index contributed by atoms with van der Waals surface area (Å²) < 4.78 is 22.1. The van der Waals surface area contributed by atoms with Gasteiger partial charge in [0, 0.05) is 0 Å². The molecule has 8 atom stereocenters. The van der Waals surface area contributed by atoms with Crippen molar-refractivity contribution in [2.75, 3.05) is 19.8 Å². The molecule has 39 heavy (non-hydrogen) atoms. The highest BCUT2D eigenvalue weighted by atomic mass is 16.7. The molecule has 3 heterocycles. The van der Waals surface area contributed by atoms with Crippen LogP contribution in [0.25, 0.3) is 22.1 Å². The molecule has 0 aliphatic carbocycles. The van der Waals surface area contributed by atoms with Gasteiger partial charge in [-0.25, -0.2) is 0 Å². The first-order valence-corrected chi connectivity index (χ1v) is 12.1. The van der Waals surface area contributed by atoms with Gasteiger partial charge in [0.25, 0.3) is 0 Å². The lowest BCUT2D eigenvalue weighted by molar-refractivity contribution is -0.252. The van der Waals surface area contributed by atoms with E-state index in [0.717, 1.165) is 6.26 Å². The molecule has 2 aliphatic rings. The van der Waals surface area contributed by atoms with Crippen molar-refractivity contribution < 1.29 is 59.5 Å². The molecule has 3 aromatic rings. The van der Waals surface area contributed by atoms with E-state index in [1.807, 2.05) is 0 Å². The second-order valence-corrected chi connectivity index (χ2v) is 9.69. The number of aromatic hydroxyl groups is 2. The molecule has 1 aromatic heterocycles. The second kappa shape index (κ2) is 10.5. The van der Waals surface area contributed by atoms with Gasteiger partial charge in [-0.2, -0.15) is 0 Å². The maximum atomic E-state index is 13.3. The van der Waals surface area contributed by atoms with Crippen LogP contribution < -0.4 is 5.43 Å². The fourth-order valence-corrected chi connectivity index (χ4v) is 4.78. The lowest BCUT2D eigenvalue weighted by atomic mass is 9.89. The van der Waals surface area contributed by atoms with E-state index in [1.54, 1.807) is 0 Å². The summed E-state index contributed by atoms with van der Waals surface area (Å²) in [6, 6.07) is 8.39. The third-order valence-electron chi connectivity index (χ3n) is 7.14. The molecular formula is C26H28O13. The van der Waals surface area contributed by atoms with Crippen LogP contribution in [0.2, 0.25) is 0 Å². The summed E-state index contributed by atoms with van der Waals surface area (Å²) in [6.45, 7) is -1.70. The van der Waals surface area contributed by atoms with E-state index in [9.17, 15) is 45.6 Å². The molecule has 0 saturated carbocycles. The quantitative estimate of drug-likeness (QED) is 0.183. The van der Waals surface area contributed by atoms with Gasteiger partial charge in [-0.15, -0.1) is 0 Å². The molecule has 13 nitrogen and oxygen atoms in total. The van der Waals surface area contributed by atoms with E-state index in [1.165, 1.54) is 36.4 Å². The summed E-state index contributed by atoms with van der Waals surface area (Å²) >= 11 is 0. The van der Waals surface area contributed by atoms with Crippen molar-refractivity contribution >= 4 is 11.0 Å². The Balaban J connectivity index is 1.46. The van der Waals surface area contributed by atoms with Gasteiger partial charge in [-0.1, -0.05) is 12.1 Å². The van der Waals surface area contributed by atoms with Gasteiger partial charge >= 0.3 is 0 Å². The van der Waals surface area contributed by atoms with Gasteiger partial charge in [0.2, 0.25) is 5.43 Å². The van der Waals surface area contributed by atoms with Crippen molar-refractivity contribution in [3.63, 3.8) is 0 Å². The Morgan fingerprint density at radius 2 is 1.69 bits per heavy atom. The van der Waals surface area contributed by atoms with Crippen LogP contribution in [0.1, 0.15) is 11.7 Å². The molecule has 8 N–H and O–H groups in total. The largest absolute Gasteiger partial charge is 0.508 e. The minimum atomic E-state index is -1.94. The molecule has 5 rings (SSSR count). The molecule has 210 valence electrons. The van der Waals surface area contributed by atoms with Crippen molar-refractivity contribution in [3.8, 4) is 22.6 Å². The van der Waals surface area contributed by atoms with Crippen molar-refractivity contribution in [1.82, 2.24) is 0 Å².